The van der Waals surface area contributed by atoms with Crippen LogP contribution in [0.5, 0.6) is 0 Å². The van der Waals surface area contributed by atoms with E-state index in [2.05, 4.69) is 10.6 Å². The van der Waals surface area contributed by atoms with Crippen molar-refractivity contribution < 1.29 is 18.9 Å². The second-order valence-corrected chi connectivity index (χ2v) is 4.57. The van der Waals surface area contributed by atoms with Gasteiger partial charge in [-0.15, -0.1) is 0 Å². The maximum atomic E-state index is 12.7. The standard InChI is InChI=1S/C15H12FN3O4/c16-11-6-4-10(5-7-11)9-17-14(20)15(21)18-12-2-1-3-13(8-12)19(22)23/h1-8H,9H2,(H,17,20)(H,18,21). The summed E-state index contributed by atoms with van der Waals surface area (Å²) < 4.78 is 12.7. The van der Waals surface area contributed by atoms with Crippen LogP contribution in [0.3, 0.4) is 0 Å². The summed E-state index contributed by atoms with van der Waals surface area (Å²) in [5.74, 6) is -2.25. The molecule has 0 spiro atoms. The van der Waals surface area contributed by atoms with Gasteiger partial charge in [0, 0.05) is 24.4 Å². The van der Waals surface area contributed by atoms with Crippen LogP contribution in [0.15, 0.2) is 48.5 Å². The van der Waals surface area contributed by atoms with E-state index in [-0.39, 0.29) is 17.9 Å². The third kappa shape index (κ3) is 4.60. The van der Waals surface area contributed by atoms with Crippen LogP contribution in [-0.2, 0) is 16.1 Å². The molecule has 0 atom stereocenters. The highest BCUT2D eigenvalue weighted by molar-refractivity contribution is 6.39. The van der Waals surface area contributed by atoms with E-state index < -0.39 is 22.6 Å². The molecular weight excluding hydrogens is 305 g/mol. The Kier molecular flexibility index (Phi) is 4.98. The number of anilines is 1. The molecular formula is C15H12FN3O4. The minimum atomic E-state index is -0.951. The fourth-order valence-corrected chi connectivity index (χ4v) is 1.75. The average Bonchev–Trinajstić information content (AvgIpc) is 2.54. The molecule has 0 aliphatic carbocycles. The number of halogens is 1. The van der Waals surface area contributed by atoms with Crippen molar-refractivity contribution in [3.05, 3.63) is 70.0 Å². The molecule has 0 aromatic heterocycles. The zero-order valence-electron chi connectivity index (χ0n) is 11.8. The summed E-state index contributed by atoms with van der Waals surface area (Å²) in [7, 11) is 0. The van der Waals surface area contributed by atoms with E-state index in [0.29, 0.717) is 5.56 Å². The number of carbonyl (C=O) groups excluding carboxylic acids is 2. The van der Waals surface area contributed by atoms with E-state index in [4.69, 9.17) is 0 Å². The quantitative estimate of drug-likeness (QED) is 0.511. The molecule has 0 radical (unpaired) electrons. The molecule has 2 aromatic carbocycles. The van der Waals surface area contributed by atoms with E-state index in [0.717, 1.165) is 6.07 Å². The molecule has 0 aliphatic heterocycles. The van der Waals surface area contributed by atoms with Gasteiger partial charge in [-0.25, -0.2) is 4.39 Å². The Balaban J connectivity index is 1.92. The van der Waals surface area contributed by atoms with Crippen molar-refractivity contribution in [2.75, 3.05) is 5.32 Å². The predicted molar refractivity (Wildman–Crippen MR) is 80.0 cm³/mol. The number of non-ortho nitro benzene ring substituents is 1. The Hall–Kier alpha value is -3.29. The molecule has 23 heavy (non-hydrogen) atoms. The van der Waals surface area contributed by atoms with Gasteiger partial charge in [-0.3, -0.25) is 19.7 Å². The number of rotatable bonds is 4. The van der Waals surface area contributed by atoms with Gasteiger partial charge < -0.3 is 10.6 Å². The minimum Gasteiger partial charge on any atom is -0.344 e. The Morgan fingerprint density at radius 3 is 2.43 bits per heavy atom. The summed E-state index contributed by atoms with van der Waals surface area (Å²) in [4.78, 5) is 33.4. The number of nitrogens with zero attached hydrogens (tertiary/aromatic N) is 1. The van der Waals surface area contributed by atoms with Crippen LogP contribution in [-0.4, -0.2) is 16.7 Å². The fourth-order valence-electron chi connectivity index (χ4n) is 1.75. The number of benzene rings is 2. The summed E-state index contributed by atoms with van der Waals surface area (Å²) >= 11 is 0. The van der Waals surface area contributed by atoms with Gasteiger partial charge in [0.05, 0.1) is 4.92 Å². The molecule has 0 fully saturated rings. The minimum absolute atomic E-state index is 0.0570. The first kappa shape index (κ1) is 16.1. The topological polar surface area (TPSA) is 101 Å². The van der Waals surface area contributed by atoms with E-state index >= 15 is 0 Å². The molecule has 7 nitrogen and oxygen atoms in total. The smallest absolute Gasteiger partial charge is 0.313 e. The highest BCUT2D eigenvalue weighted by Gasteiger charge is 2.14. The summed E-state index contributed by atoms with van der Waals surface area (Å²) in [6.45, 7) is 0.0570. The third-order valence-electron chi connectivity index (χ3n) is 2.89. The second-order valence-electron chi connectivity index (χ2n) is 4.57. The highest BCUT2D eigenvalue weighted by atomic mass is 19.1. The van der Waals surface area contributed by atoms with Gasteiger partial charge in [0.2, 0.25) is 0 Å². The zero-order chi connectivity index (χ0) is 16.8. The van der Waals surface area contributed by atoms with Crippen molar-refractivity contribution in [2.24, 2.45) is 0 Å². The Bertz CT molecular complexity index is 747. The molecule has 2 amide bonds. The predicted octanol–water partition coefficient (Wildman–Crippen LogP) is 1.99. The van der Waals surface area contributed by atoms with Crippen LogP contribution >= 0.6 is 0 Å². The zero-order valence-corrected chi connectivity index (χ0v) is 11.8. The summed E-state index contributed by atoms with van der Waals surface area (Å²) in [6.07, 6.45) is 0. The molecule has 118 valence electrons. The third-order valence-corrected chi connectivity index (χ3v) is 2.89. The van der Waals surface area contributed by atoms with Crippen LogP contribution in [0, 0.1) is 15.9 Å². The molecule has 0 heterocycles. The normalized spacial score (nSPS) is 9.96. The largest absolute Gasteiger partial charge is 0.344 e. The lowest BCUT2D eigenvalue weighted by atomic mass is 10.2. The van der Waals surface area contributed by atoms with Gasteiger partial charge in [0.25, 0.3) is 5.69 Å². The number of amides is 2. The van der Waals surface area contributed by atoms with E-state index in [1.54, 1.807) is 0 Å². The fraction of sp³-hybridized carbons (Fsp3) is 0.0667. The van der Waals surface area contributed by atoms with Gasteiger partial charge in [-0.05, 0) is 23.8 Å². The van der Waals surface area contributed by atoms with E-state index in [1.165, 1.54) is 42.5 Å². The summed E-state index contributed by atoms with van der Waals surface area (Å²) in [5, 5.41) is 15.3. The van der Waals surface area contributed by atoms with Gasteiger partial charge in [0.1, 0.15) is 5.82 Å². The first-order valence-electron chi connectivity index (χ1n) is 6.54. The molecule has 2 N–H and O–H groups in total. The Morgan fingerprint density at radius 1 is 1.09 bits per heavy atom. The molecule has 0 aliphatic rings. The molecule has 0 saturated carbocycles. The van der Waals surface area contributed by atoms with Gasteiger partial charge >= 0.3 is 11.8 Å². The maximum absolute atomic E-state index is 12.7. The van der Waals surface area contributed by atoms with Gasteiger partial charge in [0.15, 0.2) is 0 Å². The van der Waals surface area contributed by atoms with E-state index in [1.807, 2.05) is 0 Å². The first-order chi connectivity index (χ1) is 11.0. The van der Waals surface area contributed by atoms with Crippen molar-refractivity contribution in [1.82, 2.24) is 5.32 Å². The number of hydrogen-bond donors (Lipinski definition) is 2. The lowest BCUT2D eigenvalue weighted by Crippen LogP contribution is -2.34. The average molecular weight is 317 g/mol. The van der Waals surface area contributed by atoms with Crippen LogP contribution < -0.4 is 10.6 Å². The summed E-state index contributed by atoms with van der Waals surface area (Å²) in [6, 6.07) is 10.7. The number of hydrogen-bond acceptors (Lipinski definition) is 4. The molecule has 0 saturated heterocycles. The SMILES string of the molecule is O=C(NCc1ccc(F)cc1)C(=O)Nc1cccc([N+](=O)[O-])c1. The Morgan fingerprint density at radius 2 is 1.78 bits per heavy atom. The van der Waals surface area contributed by atoms with Crippen molar-refractivity contribution in [1.29, 1.82) is 0 Å². The van der Waals surface area contributed by atoms with Crippen molar-refractivity contribution in [2.45, 2.75) is 6.54 Å². The first-order valence-corrected chi connectivity index (χ1v) is 6.54. The maximum Gasteiger partial charge on any atom is 0.313 e. The van der Waals surface area contributed by atoms with Crippen molar-refractivity contribution in [3.8, 4) is 0 Å². The molecule has 2 rings (SSSR count). The van der Waals surface area contributed by atoms with Crippen LogP contribution in [0.1, 0.15) is 5.56 Å². The monoisotopic (exact) mass is 317 g/mol. The Labute approximate surface area is 130 Å². The number of carbonyl (C=O) groups is 2. The highest BCUT2D eigenvalue weighted by Crippen LogP contribution is 2.16. The number of nitro benzene ring substituents is 1. The van der Waals surface area contributed by atoms with Crippen LogP contribution in [0.25, 0.3) is 0 Å². The molecule has 0 unspecified atom stereocenters. The number of nitro groups is 1. The molecule has 8 heteroatoms. The second kappa shape index (κ2) is 7.12. The lowest BCUT2D eigenvalue weighted by Gasteiger charge is -2.06. The van der Waals surface area contributed by atoms with Crippen LogP contribution in [0.2, 0.25) is 0 Å². The molecule has 0 bridgehead atoms. The summed E-state index contributed by atoms with van der Waals surface area (Å²) in [5.41, 5.74) is 0.568. The van der Waals surface area contributed by atoms with E-state index in [9.17, 15) is 24.1 Å². The van der Waals surface area contributed by atoms with Crippen LogP contribution in [0.4, 0.5) is 15.8 Å². The molecule has 2 aromatic rings. The van der Waals surface area contributed by atoms with Crippen molar-refractivity contribution in [3.63, 3.8) is 0 Å². The van der Waals surface area contributed by atoms with Gasteiger partial charge in [-0.1, -0.05) is 18.2 Å². The van der Waals surface area contributed by atoms with Crippen molar-refractivity contribution >= 4 is 23.2 Å². The number of nitrogens with one attached hydrogen (secondary N) is 2. The van der Waals surface area contributed by atoms with Gasteiger partial charge in [-0.2, -0.15) is 0 Å². The lowest BCUT2D eigenvalue weighted by molar-refractivity contribution is -0.384.